The summed E-state index contributed by atoms with van der Waals surface area (Å²) in [5, 5.41) is 2.04. The van der Waals surface area contributed by atoms with Crippen LogP contribution in [0, 0.1) is 6.92 Å². The van der Waals surface area contributed by atoms with Gasteiger partial charge in [0.15, 0.2) is 0 Å². The van der Waals surface area contributed by atoms with E-state index in [1.165, 1.54) is 6.33 Å². The number of aromatic amines is 1. The van der Waals surface area contributed by atoms with E-state index in [1.807, 2.05) is 49.4 Å². The number of benzene rings is 2. The van der Waals surface area contributed by atoms with Crippen LogP contribution in [0.15, 0.2) is 54.9 Å². The third-order valence-electron chi connectivity index (χ3n) is 3.45. The van der Waals surface area contributed by atoms with Crippen LogP contribution in [0.4, 0.5) is 0 Å². The second-order valence-corrected chi connectivity index (χ2v) is 5.00. The van der Waals surface area contributed by atoms with Crippen LogP contribution in [0.1, 0.15) is 5.69 Å². The van der Waals surface area contributed by atoms with Gasteiger partial charge in [-0.1, -0.05) is 12.1 Å². The highest BCUT2D eigenvalue weighted by Crippen LogP contribution is 2.28. The molecule has 4 rings (SSSR count). The first-order valence-corrected chi connectivity index (χ1v) is 6.76. The molecule has 21 heavy (non-hydrogen) atoms. The topological polar surface area (TPSA) is 50.8 Å². The van der Waals surface area contributed by atoms with Crippen LogP contribution < -0.4 is 4.74 Å². The Morgan fingerprint density at radius 1 is 1.00 bits per heavy atom. The normalized spacial score (nSPS) is 11.1. The first-order valence-electron chi connectivity index (χ1n) is 6.76. The van der Waals surface area contributed by atoms with E-state index in [0.29, 0.717) is 5.88 Å². The fourth-order valence-corrected chi connectivity index (χ4v) is 2.49. The zero-order valence-corrected chi connectivity index (χ0v) is 11.5. The summed E-state index contributed by atoms with van der Waals surface area (Å²) < 4.78 is 5.94. The van der Waals surface area contributed by atoms with Crippen LogP contribution in [0.3, 0.4) is 0 Å². The predicted octanol–water partition coefficient (Wildman–Crippen LogP) is 4.21. The van der Waals surface area contributed by atoms with Crippen molar-refractivity contribution in [2.24, 2.45) is 0 Å². The molecular formula is C17H13N3O. The zero-order valence-electron chi connectivity index (χ0n) is 11.5. The van der Waals surface area contributed by atoms with E-state index in [0.717, 1.165) is 33.2 Å². The number of aryl methyl sites for hydroxylation is 1. The molecule has 102 valence electrons. The van der Waals surface area contributed by atoms with Gasteiger partial charge in [-0.2, -0.15) is 0 Å². The Hall–Kier alpha value is -2.88. The van der Waals surface area contributed by atoms with Gasteiger partial charge in [-0.05, 0) is 43.3 Å². The lowest BCUT2D eigenvalue weighted by Gasteiger charge is -2.07. The van der Waals surface area contributed by atoms with E-state index in [-0.39, 0.29) is 0 Å². The highest BCUT2D eigenvalue weighted by Gasteiger charge is 2.06. The minimum Gasteiger partial charge on any atom is -0.438 e. The molecule has 2 heterocycles. The standard InChI is InChI=1S/C17H13N3O/c1-11-8-12-9-13(6-7-15(12)20-11)21-17-14-4-2-3-5-16(14)18-10-19-17/h2-10,20H,1H3. The van der Waals surface area contributed by atoms with Gasteiger partial charge in [0.1, 0.15) is 12.1 Å². The summed E-state index contributed by atoms with van der Waals surface area (Å²) in [4.78, 5) is 11.8. The summed E-state index contributed by atoms with van der Waals surface area (Å²) in [6.07, 6.45) is 1.52. The quantitative estimate of drug-likeness (QED) is 0.596. The number of hydrogen-bond donors (Lipinski definition) is 1. The third-order valence-corrected chi connectivity index (χ3v) is 3.45. The van der Waals surface area contributed by atoms with Crippen molar-refractivity contribution in [2.75, 3.05) is 0 Å². The van der Waals surface area contributed by atoms with Gasteiger partial charge in [0, 0.05) is 16.6 Å². The van der Waals surface area contributed by atoms with Crippen molar-refractivity contribution in [3.63, 3.8) is 0 Å². The van der Waals surface area contributed by atoms with E-state index < -0.39 is 0 Å². The Labute approximate surface area is 121 Å². The largest absolute Gasteiger partial charge is 0.438 e. The smallest absolute Gasteiger partial charge is 0.230 e. The number of hydrogen-bond acceptors (Lipinski definition) is 3. The molecule has 0 amide bonds. The molecule has 0 atom stereocenters. The minimum atomic E-state index is 0.576. The van der Waals surface area contributed by atoms with Gasteiger partial charge in [-0.3, -0.25) is 0 Å². The van der Waals surface area contributed by atoms with E-state index >= 15 is 0 Å². The summed E-state index contributed by atoms with van der Waals surface area (Å²) >= 11 is 0. The molecule has 4 heteroatoms. The first-order chi connectivity index (χ1) is 10.3. The second kappa shape index (κ2) is 4.59. The van der Waals surface area contributed by atoms with Gasteiger partial charge in [0.2, 0.25) is 5.88 Å². The van der Waals surface area contributed by atoms with Crippen molar-refractivity contribution in [3.8, 4) is 11.6 Å². The number of ether oxygens (including phenoxy) is 1. The van der Waals surface area contributed by atoms with Crippen molar-refractivity contribution in [1.29, 1.82) is 0 Å². The lowest BCUT2D eigenvalue weighted by atomic mass is 10.2. The molecular weight excluding hydrogens is 262 g/mol. The van der Waals surface area contributed by atoms with Crippen molar-refractivity contribution in [2.45, 2.75) is 6.92 Å². The molecule has 4 nitrogen and oxygen atoms in total. The van der Waals surface area contributed by atoms with Gasteiger partial charge >= 0.3 is 0 Å². The number of aromatic nitrogens is 3. The van der Waals surface area contributed by atoms with Crippen molar-refractivity contribution < 1.29 is 4.74 Å². The molecule has 0 unspecified atom stereocenters. The van der Waals surface area contributed by atoms with Crippen molar-refractivity contribution in [1.82, 2.24) is 15.0 Å². The number of nitrogens with one attached hydrogen (secondary N) is 1. The average molecular weight is 275 g/mol. The van der Waals surface area contributed by atoms with Crippen LogP contribution in [0.2, 0.25) is 0 Å². The Morgan fingerprint density at radius 2 is 1.90 bits per heavy atom. The maximum absolute atomic E-state index is 5.94. The minimum absolute atomic E-state index is 0.576. The van der Waals surface area contributed by atoms with E-state index in [1.54, 1.807) is 0 Å². The van der Waals surface area contributed by atoms with Crippen molar-refractivity contribution >= 4 is 21.8 Å². The third kappa shape index (κ3) is 2.10. The van der Waals surface area contributed by atoms with E-state index in [2.05, 4.69) is 21.0 Å². The highest BCUT2D eigenvalue weighted by molar-refractivity contribution is 5.84. The Morgan fingerprint density at radius 3 is 2.86 bits per heavy atom. The molecule has 0 aliphatic heterocycles. The van der Waals surface area contributed by atoms with Crippen LogP contribution in [-0.2, 0) is 0 Å². The fraction of sp³-hybridized carbons (Fsp3) is 0.0588. The molecule has 0 fully saturated rings. The lowest BCUT2D eigenvalue weighted by molar-refractivity contribution is 0.469. The summed E-state index contributed by atoms with van der Waals surface area (Å²) in [5.41, 5.74) is 3.11. The number of fused-ring (bicyclic) bond motifs is 2. The molecule has 0 aliphatic carbocycles. The highest BCUT2D eigenvalue weighted by atomic mass is 16.5. The summed E-state index contributed by atoms with van der Waals surface area (Å²) in [6, 6.07) is 15.9. The lowest BCUT2D eigenvalue weighted by Crippen LogP contribution is -1.91. The van der Waals surface area contributed by atoms with Gasteiger partial charge in [-0.25, -0.2) is 9.97 Å². The zero-order chi connectivity index (χ0) is 14.2. The molecule has 0 radical (unpaired) electrons. The second-order valence-electron chi connectivity index (χ2n) is 5.00. The van der Waals surface area contributed by atoms with Crippen LogP contribution in [0.5, 0.6) is 11.6 Å². The number of nitrogens with zero attached hydrogens (tertiary/aromatic N) is 2. The summed E-state index contributed by atoms with van der Waals surface area (Å²) in [7, 11) is 0. The molecule has 4 aromatic rings. The Balaban J connectivity index is 1.78. The van der Waals surface area contributed by atoms with E-state index in [9.17, 15) is 0 Å². The molecule has 0 saturated carbocycles. The molecule has 0 saturated heterocycles. The fourth-order valence-electron chi connectivity index (χ4n) is 2.49. The number of rotatable bonds is 2. The van der Waals surface area contributed by atoms with Gasteiger partial charge < -0.3 is 9.72 Å². The van der Waals surface area contributed by atoms with Gasteiger partial charge in [0.25, 0.3) is 0 Å². The summed E-state index contributed by atoms with van der Waals surface area (Å²) in [6.45, 7) is 2.04. The summed E-state index contributed by atoms with van der Waals surface area (Å²) in [5.74, 6) is 1.34. The monoisotopic (exact) mass is 275 g/mol. The van der Waals surface area contributed by atoms with Crippen molar-refractivity contribution in [3.05, 3.63) is 60.6 Å². The van der Waals surface area contributed by atoms with Crippen LogP contribution in [0.25, 0.3) is 21.8 Å². The maximum atomic E-state index is 5.94. The molecule has 1 N–H and O–H groups in total. The molecule has 0 spiro atoms. The Bertz CT molecular complexity index is 938. The molecule has 0 bridgehead atoms. The first kappa shape index (κ1) is 11.9. The molecule has 2 aromatic heterocycles. The Kier molecular flexibility index (Phi) is 2.60. The van der Waals surface area contributed by atoms with Gasteiger partial charge in [-0.15, -0.1) is 0 Å². The van der Waals surface area contributed by atoms with Crippen LogP contribution in [-0.4, -0.2) is 15.0 Å². The van der Waals surface area contributed by atoms with Gasteiger partial charge in [0.05, 0.1) is 10.9 Å². The average Bonchev–Trinajstić information content (AvgIpc) is 2.87. The predicted molar refractivity (Wildman–Crippen MR) is 82.6 cm³/mol. The number of para-hydroxylation sites is 1. The SMILES string of the molecule is Cc1cc2cc(Oc3ncnc4ccccc34)ccc2[nH]1. The van der Waals surface area contributed by atoms with Crippen LogP contribution >= 0.6 is 0 Å². The van der Waals surface area contributed by atoms with E-state index in [4.69, 9.17) is 4.74 Å². The molecule has 2 aromatic carbocycles. The number of H-pyrrole nitrogens is 1. The molecule has 0 aliphatic rings. The maximum Gasteiger partial charge on any atom is 0.230 e.